The summed E-state index contributed by atoms with van der Waals surface area (Å²) >= 11 is 0. The molecule has 0 heterocycles. The first-order valence-corrected chi connectivity index (χ1v) is 10.2. The average molecular weight is 326 g/mol. The molecule has 2 heteroatoms. The first-order chi connectivity index (χ1) is 11.2. The Balaban J connectivity index is 3.06. The molecule has 1 unspecified atom stereocenters. The van der Waals surface area contributed by atoms with Crippen molar-refractivity contribution in [3.05, 3.63) is 6.92 Å². The first-order valence-electron chi connectivity index (χ1n) is 10.2. The van der Waals surface area contributed by atoms with Crippen molar-refractivity contribution in [2.45, 2.75) is 123 Å². The summed E-state index contributed by atoms with van der Waals surface area (Å²) in [5, 5.41) is 0. The Morgan fingerprint density at radius 1 is 0.739 bits per heavy atom. The lowest BCUT2D eigenvalue weighted by molar-refractivity contribution is -0.144. The van der Waals surface area contributed by atoms with Gasteiger partial charge in [-0.3, -0.25) is 4.79 Å². The maximum atomic E-state index is 10.8. The molecular formula is C21H41O2. The van der Waals surface area contributed by atoms with Gasteiger partial charge in [0.1, 0.15) is 6.10 Å². The van der Waals surface area contributed by atoms with Gasteiger partial charge in [-0.25, -0.2) is 0 Å². The SMILES string of the molecule is [CH2]C(CCCCCCCCCCCCCCCCC)OC(C)=O. The van der Waals surface area contributed by atoms with E-state index in [2.05, 4.69) is 13.8 Å². The number of hydrogen-bond acceptors (Lipinski definition) is 2. The Morgan fingerprint density at radius 2 is 1.09 bits per heavy atom. The van der Waals surface area contributed by atoms with Crippen LogP contribution in [-0.2, 0) is 9.53 Å². The molecule has 0 saturated carbocycles. The number of hydrogen-bond donors (Lipinski definition) is 0. The number of rotatable bonds is 17. The molecule has 0 fully saturated rings. The predicted molar refractivity (Wildman–Crippen MR) is 100 cm³/mol. The Morgan fingerprint density at radius 3 is 1.43 bits per heavy atom. The van der Waals surface area contributed by atoms with Crippen LogP contribution < -0.4 is 0 Å². The standard InChI is InChI=1S/C21H41O2/c1-4-5-6-7-8-9-10-11-12-13-14-15-16-17-18-19-20(2)23-21(3)22/h20H,2,4-19H2,1,3H3. The van der Waals surface area contributed by atoms with E-state index in [1.165, 1.54) is 96.8 Å². The first kappa shape index (κ1) is 22.5. The second kappa shape index (κ2) is 17.8. The molecule has 0 aliphatic rings. The molecule has 0 aromatic carbocycles. The third-order valence-corrected chi connectivity index (χ3v) is 4.46. The Kier molecular flexibility index (Phi) is 17.4. The van der Waals surface area contributed by atoms with Crippen LogP contribution in [0.2, 0.25) is 0 Å². The van der Waals surface area contributed by atoms with Gasteiger partial charge in [0.15, 0.2) is 0 Å². The number of carbonyl (C=O) groups excluding carboxylic acids is 1. The van der Waals surface area contributed by atoms with E-state index in [1.54, 1.807) is 0 Å². The zero-order chi connectivity index (χ0) is 17.2. The van der Waals surface area contributed by atoms with E-state index >= 15 is 0 Å². The van der Waals surface area contributed by atoms with Crippen molar-refractivity contribution in [2.75, 3.05) is 0 Å². The fourth-order valence-corrected chi connectivity index (χ4v) is 3.04. The summed E-state index contributed by atoms with van der Waals surface area (Å²) in [6.45, 7) is 7.57. The van der Waals surface area contributed by atoms with Crippen molar-refractivity contribution >= 4 is 5.97 Å². The Bertz CT molecular complexity index is 250. The minimum absolute atomic E-state index is 0.158. The number of carbonyl (C=O) groups is 1. The van der Waals surface area contributed by atoms with Crippen LogP contribution in [-0.4, -0.2) is 12.1 Å². The highest BCUT2D eigenvalue weighted by Crippen LogP contribution is 2.14. The third kappa shape index (κ3) is 19.4. The minimum atomic E-state index is -0.217. The molecule has 2 nitrogen and oxygen atoms in total. The molecule has 0 aromatic rings. The maximum Gasteiger partial charge on any atom is 0.302 e. The lowest BCUT2D eigenvalue weighted by Gasteiger charge is -2.10. The monoisotopic (exact) mass is 325 g/mol. The molecule has 0 rings (SSSR count). The van der Waals surface area contributed by atoms with Gasteiger partial charge in [-0.15, -0.1) is 0 Å². The van der Waals surface area contributed by atoms with Crippen LogP contribution in [0.4, 0.5) is 0 Å². The smallest absolute Gasteiger partial charge is 0.302 e. The van der Waals surface area contributed by atoms with E-state index in [-0.39, 0.29) is 12.1 Å². The molecule has 137 valence electrons. The largest absolute Gasteiger partial charge is 0.463 e. The summed E-state index contributed by atoms with van der Waals surface area (Å²) in [6.07, 6.45) is 21.4. The fraction of sp³-hybridized carbons (Fsp3) is 0.905. The second-order valence-corrected chi connectivity index (χ2v) is 6.97. The van der Waals surface area contributed by atoms with Gasteiger partial charge in [-0.1, -0.05) is 96.8 Å². The van der Waals surface area contributed by atoms with Gasteiger partial charge in [-0.2, -0.15) is 0 Å². The van der Waals surface area contributed by atoms with Crippen LogP contribution in [0.3, 0.4) is 0 Å². The summed E-state index contributed by atoms with van der Waals surface area (Å²) in [7, 11) is 0. The lowest BCUT2D eigenvalue weighted by Crippen LogP contribution is -2.12. The number of esters is 1. The molecule has 0 spiro atoms. The van der Waals surface area contributed by atoms with Gasteiger partial charge >= 0.3 is 5.97 Å². The molecule has 0 amide bonds. The molecule has 0 aromatic heterocycles. The second-order valence-electron chi connectivity index (χ2n) is 6.97. The van der Waals surface area contributed by atoms with Crippen molar-refractivity contribution < 1.29 is 9.53 Å². The van der Waals surface area contributed by atoms with Gasteiger partial charge in [0, 0.05) is 6.92 Å². The Labute approximate surface area is 145 Å². The lowest BCUT2D eigenvalue weighted by atomic mass is 10.0. The maximum absolute atomic E-state index is 10.8. The van der Waals surface area contributed by atoms with Crippen LogP contribution in [0, 0.1) is 6.92 Å². The highest BCUT2D eigenvalue weighted by molar-refractivity contribution is 5.66. The summed E-state index contributed by atoms with van der Waals surface area (Å²) in [5.41, 5.74) is 0. The van der Waals surface area contributed by atoms with E-state index in [0.717, 1.165) is 12.8 Å². The molecule has 23 heavy (non-hydrogen) atoms. The molecule has 1 atom stereocenters. The molecule has 0 bridgehead atoms. The van der Waals surface area contributed by atoms with Gasteiger partial charge in [0.2, 0.25) is 0 Å². The third-order valence-electron chi connectivity index (χ3n) is 4.46. The van der Waals surface area contributed by atoms with Crippen LogP contribution in [0.1, 0.15) is 117 Å². The van der Waals surface area contributed by atoms with Crippen molar-refractivity contribution in [1.29, 1.82) is 0 Å². The Hall–Kier alpha value is -0.530. The van der Waals surface area contributed by atoms with Crippen LogP contribution in [0.25, 0.3) is 0 Å². The van der Waals surface area contributed by atoms with Crippen molar-refractivity contribution in [1.82, 2.24) is 0 Å². The van der Waals surface area contributed by atoms with E-state index in [0.29, 0.717) is 0 Å². The van der Waals surface area contributed by atoms with Gasteiger partial charge in [0.25, 0.3) is 0 Å². The quantitative estimate of drug-likeness (QED) is 0.212. The van der Waals surface area contributed by atoms with Crippen LogP contribution in [0.5, 0.6) is 0 Å². The van der Waals surface area contributed by atoms with Crippen molar-refractivity contribution in [3.63, 3.8) is 0 Å². The summed E-state index contributed by atoms with van der Waals surface area (Å²) in [5.74, 6) is -0.217. The highest BCUT2D eigenvalue weighted by Gasteiger charge is 2.04. The van der Waals surface area contributed by atoms with Crippen LogP contribution >= 0.6 is 0 Å². The zero-order valence-electron chi connectivity index (χ0n) is 15.9. The van der Waals surface area contributed by atoms with E-state index in [4.69, 9.17) is 4.74 Å². The minimum Gasteiger partial charge on any atom is -0.463 e. The molecular weight excluding hydrogens is 284 g/mol. The van der Waals surface area contributed by atoms with Crippen LogP contribution in [0.15, 0.2) is 0 Å². The average Bonchev–Trinajstić information content (AvgIpc) is 2.50. The van der Waals surface area contributed by atoms with Crippen molar-refractivity contribution in [2.24, 2.45) is 0 Å². The van der Waals surface area contributed by atoms with Crippen molar-refractivity contribution in [3.8, 4) is 0 Å². The van der Waals surface area contributed by atoms with E-state index in [9.17, 15) is 4.79 Å². The summed E-state index contributed by atoms with van der Waals surface area (Å²) < 4.78 is 5.02. The molecule has 0 aliphatic heterocycles. The predicted octanol–water partition coefficient (Wildman–Crippen LogP) is 7.01. The molecule has 0 N–H and O–H groups in total. The molecule has 1 radical (unpaired) electrons. The number of ether oxygens (including phenoxy) is 1. The summed E-state index contributed by atoms with van der Waals surface area (Å²) in [4.78, 5) is 10.8. The number of unbranched alkanes of at least 4 members (excludes halogenated alkanes) is 14. The molecule has 0 saturated heterocycles. The van der Waals surface area contributed by atoms with Gasteiger partial charge < -0.3 is 4.74 Å². The fourth-order valence-electron chi connectivity index (χ4n) is 3.04. The normalized spacial score (nSPS) is 12.3. The van der Waals surface area contributed by atoms with Gasteiger partial charge in [-0.05, 0) is 19.8 Å². The highest BCUT2D eigenvalue weighted by atomic mass is 16.5. The van der Waals surface area contributed by atoms with E-state index < -0.39 is 0 Å². The van der Waals surface area contributed by atoms with E-state index in [1.807, 2.05) is 0 Å². The summed E-state index contributed by atoms with van der Waals surface area (Å²) in [6, 6.07) is 0. The zero-order valence-corrected chi connectivity index (χ0v) is 15.9. The van der Waals surface area contributed by atoms with Gasteiger partial charge in [0.05, 0.1) is 0 Å². The molecule has 0 aliphatic carbocycles. The topological polar surface area (TPSA) is 26.3 Å².